The Hall–Kier alpha value is -8.07. The first-order valence-electron chi connectivity index (χ1n) is 27.3. The molecule has 2 atom stereocenters. The molecular weight excluding hydrogens is 1030 g/mol. The van der Waals surface area contributed by atoms with Gasteiger partial charge in [0.15, 0.2) is 34.4 Å². The van der Waals surface area contributed by atoms with Crippen molar-refractivity contribution < 1.29 is 35.9 Å². The molecule has 4 saturated carbocycles. The van der Waals surface area contributed by atoms with Crippen LogP contribution in [0.1, 0.15) is 98.6 Å². The molecule has 4 aliphatic rings. The molecule has 0 unspecified atom stereocenters. The number of nitrogens with zero attached hydrogens (tertiary/aromatic N) is 10. The average molecular weight is 1090 g/mol. The van der Waals surface area contributed by atoms with Crippen molar-refractivity contribution in [2.75, 3.05) is 6.54 Å². The minimum Gasteiger partial charge on any atom is -0.432 e. The lowest BCUT2D eigenvalue weighted by Crippen LogP contribution is -2.42. The Morgan fingerprint density at radius 3 is 1.57 bits per heavy atom. The standard InChI is InChI=1S/C60H53F5N12O3/c61-38-9-11-40(36-21-47(34-5-6-34)70-51(23-36)58-72-49-19-32(17-44(63)54(49)79-58)27-66-29-60(65)13-2-14-60)42(25-38)56-74-68-30-76(56)15-16-77-31-69-75-57(77)43-26-39(62)10-12-41(43)37-22-48(35-7-8-35)71-52(24-37)59-73-50-20-33(18-45(64)55(50)80-59)28-67-46-3-1-4-53(46)78/h9-12,17-26,30-31,34-35,46,53,66-67,78H,1-8,13-16,27-29H2/t46-,53+/m1/s1. The molecule has 6 aromatic heterocycles. The number of hydrogen-bond acceptors (Lipinski definition) is 13. The number of oxazole rings is 2. The number of nitrogens with one attached hydrogen (secondary N) is 2. The molecule has 0 saturated heterocycles. The summed E-state index contributed by atoms with van der Waals surface area (Å²) in [6.45, 7) is 1.36. The number of aliphatic hydroxyl groups is 1. The lowest BCUT2D eigenvalue weighted by atomic mass is 9.82. The maximum absolute atomic E-state index is 15.6. The third-order valence-corrected chi connectivity index (χ3v) is 16.1. The largest absolute Gasteiger partial charge is 0.432 e. The minimum atomic E-state index is -1.22. The van der Waals surface area contributed by atoms with Gasteiger partial charge in [-0.25, -0.2) is 41.9 Å². The number of aromatic nitrogens is 10. The number of aliphatic hydroxyl groups excluding tert-OH is 1. The van der Waals surface area contributed by atoms with E-state index < -0.39 is 35.0 Å². The highest BCUT2D eigenvalue weighted by Crippen LogP contribution is 2.45. The van der Waals surface area contributed by atoms with E-state index in [-0.39, 0.29) is 67.0 Å². The lowest BCUT2D eigenvalue weighted by Gasteiger charge is -2.33. The molecule has 14 rings (SSSR count). The van der Waals surface area contributed by atoms with Gasteiger partial charge in [0.1, 0.15) is 52.4 Å². The zero-order chi connectivity index (χ0) is 54.2. The summed E-state index contributed by atoms with van der Waals surface area (Å²) >= 11 is 0. The number of hydrogen-bond donors (Lipinski definition) is 3. The van der Waals surface area contributed by atoms with Gasteiger partial charge in [-0.15, -0.1) is 20.4 Å². The normalized spacial score (nSPS) is 18.0. The summed E-state index contributed by atoms with van der Waals surface area (Å²) in [5, 5.41) is 34.3. The van der Waals surface area contributed by atoms with E-state index in [0.717, 1.165) is 62.8 Å². The van der Waals surface area contributed by atoms with Crippen LogP contribution in [0.2, 0.25) is 0 Å². The van der Waals surface area contributed by atoms with Crippen LogP contribution in [0.5, 0.6) is 0 Å². The van der Waals surface area contributed by atoms with E-state index >= 15 is 17.6 Å². The summed E-state index contributed by atoms with van der Waals surface area (Å²) in [6, 6.07) is 22.7. The fourth-order valence-electron chi connectivity index (χ4n) is 11.3. The molecule has 0 spiro atoms. The second-order valence-corrected chi connectivity index (χ2v) is 21.9. The first-order valence-corrected chi connectivity index (χ1v) is 27.3. The summed E-state index contributed by atoms with van der Waals surface area (Å²) in [5.74, 6) is -0.725. The van der Waals surface area contributed by atoms with Gasteiger partial charge < -0.3 is 33.7 Å². The minimum absolute atomic E-state index is 0.00712. The molecule has 80 heavy (non-hydrogen) atoms. The summed E-state index contributed by atoms with van der Waals surface area (Å²) in [4.78, 5) is 19.3. The van der Waals surface area contributed by atoms with Gasteiger partial charge in [0.25, 0.3) is 0 Å². The highest BCUT2D eigenvalue weighted by atomic mass is 19.1. The maximum Gasteiger partial charge on any atom is 0.246 e. The molecule has 0 amide bonds. The van der Waals surface area contributed by atoms with E-state index in [2.05, 4.69) is 36.0 Å². The van der Waals surface area contributed by atoms with E-state index in [0.29, 0.717) is 98.0 Å². The highest BCUT2D eigenvalue weighted by Gasteiger charge is 2.36. The SMILES string of the molecule is O[C@H]1CCC[C@H]1NCc1cc(F)c2oc(-c3cc(-c4ccc(F)cc4-c4nncn4CCn4cnnc4-c4cc(F)ccc4-c4cc(-c5nc6cc(CNCC7(F)CCC7)cc(F)c6o5)nc(C5CC5)c4)cc(C4CC4)n3)nc2c1. The van der Waals surface area contributed by atoms with Gasteiger partial charge in [-0.1, -0.05) is 12.1 Å². The Morgan fingerprint density at radius 1 is 0.575 bits per heavy atom. The number of halogens is 5. The van der Waals surface area contributed by atoms with Crippen LogP contribution in [-0.4, -0.2) is 78.9 Å². The van der Waals surface area contributed by atoms with Crippen LogP contribution < -0.4 is 10.6 Å². The number of pyridine rings is 2. The van der Waals surface area contributed by atoms with Crippen LogP contribution >= 0.6 is 0 Å². The molecule has 0 aliphatic heterocycles. The van der Waals surface area contributed by atoms with Crippen molar-refractivity contribution in [2.24, 2.45) is 0 Å². The van der Waals surface area contributed by atoms with Crippen molar-refractivity contribution in [3.63, 3.8) is 0 Å². The predicted molar refractivity (Wildman–Crippen MR) is 287 cm³/mol. The molecule has 15 nitrogen and oxygen atoms in total. The van der Waals surface area contributed by atoms with Crippen molar-refractivity contribution in [1.29, 1.82) is 0 Å². The molecule has 4 aromatic carbocycles. The van der Waals surface area contributed by atoms with Crippen LogP contribution in [0.15, 0.2) is 106 Å². The summed E-state index contributed by atoms with van der Waals surface area (Å²) in [5.41, 5.74) is 6.66. The van der Waals surface area contributed by atoms with E-state index in [4.69, 9.17) is 23.8 Å². The zero-order valence-electron chi connectivity index (χ0n) is 43.3. The Morgan fingerprint density at radius 2 is 1.10 bits per heavy atom. The molecule has 3 N–H and O–H groups in total. The fourth-order valence-corrected chi connectivity index (χ4v) is 11.3. The Kier molecular flexibility index (Phi) is 12.7. The molecular formula is C60H53F5N12O3. The van der Waals surface area contributed by atoms with Crippen molar-refractivity contribution in [2.45, 2.75) is 120 Å². The topological polar surface area (TPSA) is 184 Å². The Labute approximate surface area is 454 Å². The molecule has 0 radical (unpaired) electrons. The van der Waals surface area contributed by atoms with Gasteiger partial charge in [-0.3, -0.25) is 0 Å². The van der Waals surface area contributed by atoms with E-state index in [1.54, 1.807) is 58.2 Å². The number of aryl methyl sites for hydroxylation is 2. The Bertz CT molecular complexity index is 4010. The van der Waals surface area contributed by atoms with Gasteiger partial charge in [0.2, 0.25) is 11.8 Å². The predicted octanol–water partition coefficient (Wildman–Crippen LogP) is 11.9. The number of benzene rings is 4. The number of rotatable bonds is 18. The molecule has 4 fully saturated rings. The van der Waals surface area contributed by atoms with E-state index in [1.165, 1.54) is 36.4 Å². The first kappa shape index (κ1) is 50.2. The van der Waals surface area contributed by atoms with E-state index in [1.807, 2.05) is 12.1 Å². The smallest absolute Gasteiger partial charge is 0.246 e. The molecule has 20 heteroatoms. The van der Waals surface area contributed by atoms with Crippen LogP contribution in [0.25, 0.3) is 90.4 Å². The van der Waals surface area contributed by atoms with Crippen molar-refractivity contribution in [3.8, 4) is 68.2 Å². The second kappa shape index (κ2) is 20.2. The fraction of sp³-hybridized carbons (Fsp3) is 0.333. The van der Waals surface area contributed by atoms with Crippen molar-refractivity contribution in [3.05, 3.63) is 143 Å². The molecule has 6 heterocycles. The van der Waals surface area contributed by atoms with Crippen molar-refractivity contribution >= 4 is 22.2 Å². The molecule has 10 aromatic rings. The lowest BCUT2D eigenvalue weighted by molar-refractivity contribution is 0.0630. The average Bonchev–Trinajstić information content (AvgIpc) is 4.15. The summed E-state index contributed by atoms with van der Waals surface area (Å²) in [7, 11) is 0. The van der Waals surface area contributed by atoms with Gasteiger partial charge in [0.05, 0.1) is 6.10 Å². The van der Waals surface area contributed by atoms with Gasteiger partial charge in [-0.05, 0) is 170 Å². The number of alkyl halides is 1. The van der Waals surface area contributed by atoms with Crippen LogP contribution in [0.4, 0.5) is 22.0 Å². The highest BCUT2D eigenvalue weighted by molar-refractivity contribution is 5.85. The maximum atomic E-state index is 15.6. The van der Waals surface area contributed by atoms with Crippen LogP contribution in [-0.2, 0) is 26.2 Å². The summed E-state index contributed by atoms with van der Waals surface area (Å²) < 4.78 is 92.6. The zero-order valence-corrected chi connectivity index (χ0v) is 43.3. The van der Waals surface area contributed by atoms with Gasteiger partial charge in [-0.2, -0.15) is 0 Å². The molecule has 4 aliphatic carbocycles. The van der Waals surface area contributed by atoms with Crippen molar-refractivity contribution in [1.82, 2.24) is 60.1 Å². The van der Waals surface area contributed by atoms with E-state index in [9.17, 15) is 9.50 Å². The number of fused-ring (bicyclic) bond motifs is 2. The third-order valence-electron chi connectivity index (χ3n) is 16.1. The third kappa shape index (κ3) is 9.93. The van der Waals surface area contributed by atoms with Gasteiger partial charge in [0, 0.05) is 73.1 Å². The van der Waals surface area contributed by atoms with Gasteiger partial charge >= 0.3 is 0 Å². The summed E-state index contributed by atoms with van der Waals surface area (Å²) in [6.07, 6.45) is 10.9. The molecule has 0 bridgehead atoms. The Balaban J connectivity index is 0.747. The molecule has 406 valence electrons. The van der Waals surface area contributed by atoms with Crippen LogP contribution in [0, 0.1) is 23.3 Å². The van der Waals surface area contributed by atoms with Crippen LogP contribution in [0.3, 0.4) is 0 Å². The first-order chi connectivity index (χ1) is 38.9. The quantitative estimate of drug-likeness (QED) is 0.0691. The monoisotopic (exact) mass is 1080 g/mol. The second-order valence-electron chi connectivity index (χ2n) is 21.9.